The van der Waals surface area contributed by atoms with Crippen LogP contribution in [-0.2, 0) is 20.9 Å². The highest BCUT2D eigenvalue weighted by atomic mass is 16.5. The van der Waals surface area contributed by atoms with Crippen molar-refractivity contribution >= 4 is 23.4 Å². The van der Waals surface area contributed by atoms with Crippen molar-refractivity contribution in [1.29, 1.82) is 0 Å². The predicted molar refractivity (Wildman–Crippen MR) is 107 cm³/mol. The summed E-state index contributed by atoms with van der Waals surface area (Å²) in [4.78, 5) is 38.0. The summed E-state index contributed by atoms with van der Waals surface area (Å²) in [5.41, 5.74) is 2.42. The largest absolute Gasteiger partial charge is 0.382 e. The standard InChI is InChI=1S/C21H28N4O4/c26-19-5-4-18(20(27)24-19)25-12-16-15(21(25)28)2-1-3-17(16)23-10-11-29-13-14-6-8-22-9-7-14/h1-3,14,18,22-23H,4-13H2,(H,24,26,27). The van der Waals surface area contributed by atoms with Crippen molar-refractivity contribution < 1.29 is 19.1 Å². The molecule has 0 spiro atoms. The predicted octanol–water partition coefficient (Wildman–Crippen LogP) is 0.876. The van der Waals surface area contributed by atoms with Gasteiger partial charge in [0, 0.05) is 42.9 Å². The molecule has 29 heavy (non-hydrogen) atoms. The van der Waals surface area contributed by atoms with Gasteiger partial charge in [-0.05, 0) is 50.4 Å². The van der Waals surface area contributed by atoms with Crippen molar-refractivity contribution in [1.82, 2.24) is 15.5 Å². The van der Waals surface area contributed by atoms with Gasteiger partial charge in [0.25, 0.3) is 5.91 Å². The van der Waals surface area contributed by atoms with E-state index in [9.17, 15) is 14.4 Å². The van der Waals surface area contributed by atoms with E-state index in [1.54, 1.807) is 11.0 Å². The lowest BCUT2D eigenvalue weighted by Crippen LogP contribution is -2.52. The van der Waals surface area contributed by atoms with E-state index in [1.165, 1.54) is 0 Å². The molecule has 1 atom stereocenters. The van der Waals surface area contributed by atoms with E-state index in [1.807, 2.05) is 12.1 Å². The number of piperidine rings is 2. The van der Waals surface area contributed by atoms with Gasteiger partial charge in [-0.3, -0.25) is 19.7 Å². The number of rotatable bonds is 7. The first-order valence-corrected chi connectivity index (χ1v) is 10.4. The third-order valence-electron chi connectivity index (χ3n) is 5.96. The second-order valence-corrected chi connectivity index (χ2v) is 7.93. The van der Waals surface area contributed by atoms with E-state index in [0.29, 0.717) is 37.6 Å². The first kappa shape index (κ1) is 19.8. The number of anilines is 1. The van der Waals surface area contributed by atoms with Crippen LogP contribution in [0.3, 0.4) is 0 Å². The molecule has 1 unspecified atom stereocenters. The molecule has 1 aromatic rings. The van der Waals surface area contributed by atoms with Crippen LogP contribution in [0, 0.1) is 5.92 Å². The Kier molecular flexibility index (Phi) is 6.10. The van der Waals surface area contributed by atoms with Crippen LogP contribution in [-0.4, -0.2) is 61.5 Å². The van der Waals surface area contributed by atoms with Crippen molar-refractivity contribution in [2.45, 2.75) is 38.3 Å². The molecular weight excluding hydrogens is 372 g/mol. The fourth-order valence-corrected chi connectivity index (χ4v) is 4.31. The molecule has 0 radical (unpaired) electrons. The van der Waals surface area contributed by atoms with Crippen molar-refractivity contribution in [3.05, 3.63) is 29.3 Å². The van der Waals surface area contributed by atoms with Gasteiger partial charge in [-0.25, -0.2) is 0 Å². The van der Waals surface area contributed by atoms with Crippen LogP contribution in [0.4, 0.5) is 5.69 Å². The van der Waals surface area contributed by atoms with Crippen LogP contribution in [0.2, 0.25) is 0 Å². The summed E-state index contributed by atoms with van der Waals surface area (Å²) in [5, 5.41) is 9.07. The lowest BCUT2D eigenvalue weighted by molar-refractivity contribution is -0.136. The quantitative estimate of drug-likeness (QED) is 0.464. The number of carbonyl (C=O) groups is 3. The van der Waals surface area contributed by atoms with Gasteiger partial charge in [0.2, 0.25) is 11.8 Å². The number of hydrogen-bond acceptors (Lipinski definition) is 6. The summed E-state index contributed by atoms with van der Waals surface area (Å²) < 4.78 is 5.82. The van der Waals surface area contributed by atoms with Crippen molar-refractivity contribution in [2.75, 3.05) is 38.2 Å². The first-order chi connectivity index (χ1) is 14.1. The number of nitrogens with zero attached hydrogens (tertiary/aromatic N) is 1. The Hall–Kier alpha value is -2.45. The van der Waals surface area contributed by atoms with Crippen LogP contribution in [0.25, 0.3) is 0 Å². The van der Waals surface area contributed by atoms with Crippen LogP contribution in [0.5, 0.6) is 0 Å². The van der Waals surface area contributed by atoms with Gasteiger partial charge in [-0.2, -0.15) is 0 Å². The molecule has 1 aromatic carbocycles. The first-order valence-electron chi connectivity index (χ1n) is 10.4. The van der Waals surface area contributed by atoms with Crippen molar-refractivity contribution in [3.8, 4) is 0 Å². The number of carbonyl (C=O) groups excluding carboxylic acids is 3. The normalized spacial score (nSPS) is 22.6. The summed E-state index contributed by atoms with van der Waals surface area (Å²) in [6, 6.07) is 5.01. The van der Waals surface area contributed by atoms with Gasteiger partial charge < -0.3 is 20.3 Å². The lowest BCUT2D eigenvalue weighted by Gasteiger charge is -2.29. The fourth-order valence-electron chi connectivity index (χ4n) is 4.31. The number of imide groups is 1. The van der Waals surface area contributed by atoms with E-state index >= 15 is 0 Å². The summed E-state index contributed by atoms with van der Waals surface area (Å²) in [6.45, 7) is 4.57. The Morgan fingerprint density at radius 1 is 1.14 bits per heavy atom. The summed E-state index contributed by atoms with van der Waals surface area (Å²) in [5.74, 6) is -0.178. The maximum absolute atomic E-state index is 12.8. The van der Waals surface area contributed by atoms with Crippen LogP contribution < -0.4 is 16.0 Å². The van der Waals surface area contributed by atoms with Gasteiger partial charge in [-0.1, -0.05) is 6.07 Å². The van der Waals surface area contributed by atoms with Crippen LogP contribution >= 0.6 is 0 Å². The number of amides is 3. The SMILES string of the molecule is O=C1CCC(N2Cc3c(NCCOCC4CCNCC4)cccc3C2=O)C(=O)N1. The highest BCUT2D eigenvalue weighted by Crippen LogP contribution is 2.32. The molecule has 8 heteroatoms. The number of nitrogens with one attached hydrogen (secondary N) is 3. The third kappa shape index (κ3) is 4.43. The monoisotopic (exact) mass is 400 g/mol. The Labute approximate surface area is 170 Å². The van der Waals surface area contributed by atoms with E-state index in [2.05, 4.69) is 16.0 Å². The van der Waals surface area contributed by atoms with Gasteiger partial charge in [0.15, 0.2) is 0 Å². The number of fused-ring (bicyclic) bond motifs is 1. The molecule has 0 saturated carbocycles. The maximum atomic E-state index is 12.8. The van der Waals surface area contributed by atoms with E-state index in [-0.39, 0.29) is 24.1 Å². The molecule has 2 fully saturated rings. The molecule has 0 aliphatic carbocycles. The van der Waals surface area contributed by atoms with Crippen LogP contribution in [0.1, 0.15) is 41.6 Å². The highest BCUT2D eigenvalue weighted by Gasteiger charge is 2.39. The Bertz CT molecular complexity index is 791. The highest BCUT2D eigenvalue weighted by molar-refractivity contribution is 6.06. The Balaban J connectivity index is 1.32. The van der Waals surface area contributed by atoms with Crippen molar-refractivity contribution in [2.24, 2.45) is 5.92 Å². The van der Waals surface area contributed by atoms with Crippen LogP contribution in [0.15, 0.2) is 18.2 Å². The maximum Gasteiger partial charge on any atom is 0.255 e. The fraction of sp³-hybridized carbons (Fsp3) is 0.571. The average molecular weight is 400 g/mol. The molecule has 4 rings (SSSR count). The number of ether oxygens (including phenoxy) is 1. The zero-order valence-electron chi connectivity index (χ0n) is 16.5. The van der Waals surface area contributed by atoms with E-state index in [0.717, 1.165) is 43.8 Å². The van der Waals surface area contributed by atoms with E-state index < -0.39 is 6.04 Å². The number of benzene rings is 1. The third-order valence-corrected chi connectivity index (χ3v) is 5.96. The Morgan fingerprint density at radius 2 is 1.97 bits per heavy atom. The van der Waals surface area contributed by atoms with E-state index in [4.69, 9.17) is 4.74 Å². The zero-order valence-corrected chi connectivity index (χ0v) is 16.5. The minimum absolute atomic E-state index is 0.152. The molecule has 3 aliphatic rings. The lowest BCUT2D eigenvalue weighted by atomic mass is 9.99. The molecule has 3 amide bonds. The zero-order chi connectivity index (χ0) is 20.2. The summed E-state index contributed by atoms with van der Waals surface area (Å²) in [7, 11) is 0. The molecule has 3 heterocycles. The second-order valence-electron chi connectivity index (χ2n) is 7.93. The molecule has 2 saturated heterocycles. The molecule has 3 aliphatic heterocycles. The summed E-state index contributed by atoms with van der Waals surface area (Å²) in [6.07, 6.45) is 2.96. The van der Waals surface area contributed by atoms with Gasteiger partial charge in [0.05, 0.1) is 6.61 Å². The molecule has 156 valence electrons. The molecule has 0 bridgehead atoms. The molecule has 3 N–H and O–H groups in total. The average Bonchev–Trinajstić information content (AvgIpc) is 3.06. The van der Waals surface area contributed by atoms with Gasteiger partial charge >= 0.3 is 0 Å². The molecular formula is C21H28N4O4. The van der Waals surface area contributed by atoms with Gasteiger partial charge in [-0.15, -0.1) is 0 Å². The Morgan fingerprint density at radius 3 is 2.76 bits per heavy atom. The summed E-state index contributed by atoms with van der Waals surface area (Å²) >= 11 is 0. The smallest absolute Gasteiger partial charge is 0.255 e. The molecule has 0 aromatic heterocycles. The molecule has 8 nitrogen and oxygen atoms in total. The van der Waals surface area contributed by atoms with Crippen molar-refractivity contribution in [3.63, 3.8) is 0 Å². The second kappa shape index (κ2) is 8.92. The topological polar surface area (TPSA) is 99.8 Å². The minimum Gasteiger partial charge on any atom is -0.382 e. The number of hydrogen-bond donors (Lipinski definition) is 3. The minimum atomic E-state index is -0.589. The van der Waals surface area contributed by atoms with Gasteiger partial charge in [0.1, 0.15) is 6.04 Å².